The third-order valence-electron chi connectivity index (χ3n) is 2.86. The quantitative estimate of drug-likeness (QED) is 0.609. The van der Waals surface area contributed by atoms with Gasteiger partial charge in [-0.25, -0.2) is 9.78 Å². The Balaban J connectivity index is 1.61. The number of aromatic nitrogens is 1. The van der Waals surface area contributed by atoms with E-state index in [1.54, 1.807) is 31.1 Å². The highest BCUT2D eigenvalue weighted by atomic mass is 32.2. The summed E-state index contributed by atoms with van der Waals surface area (Å²) in [6.45, 7) is 1.06. The van der Waals surface area contributed by atoms with Gasteiger partial charge in [-0.1, -0.05) is 24.3 Å². The Bertz CT molecular complexity index is 576. The van der Waals surface area contributed by atoms with Crippen molar-refractivity contribution in [3.05, 3.63) is 54.2 Å². The molecule has 1 heterocycles. The number of pyridine rings is 1. The van der Waals surface area contributed by atoms with E-state index in [1.807, 2.05) is 24.3 Å². The zero-order valence-electron chi connectivity index (χ0n) is 12.4. The van der Waals surface area contributed by atoms with E-state index in [0.717, 1.165) is 11.3 Å². The number of methoxy groups -OCH3 is 1. The number of nitrogens with zero attached hydrogens (tertiary/aromatic N) is 1. The number of urea groups is 1. The first-order chi connectivity index (χ1) is 10.8. The number of amides is 2. The van der Waals surface area contributed by atoms with E-state index in [9.17, 15) is 4.79 Å². The van der Waals surface area contributed by atoms with E-state index in [4.69, 9.17) is 4.74 Å². The Morgan fingerprint density at radius 3 is 2.68 bits per heavy atom. The lowest BCUT2D eigenvalue weighted by molar-refractivity contribution is 0.241. The first-order valence-corrected chi connectivity index (χ1v) is 7.95. The molecule has 22 heavy (non-hydrogen) atoms. The van der Waals surface area contributed by atoms with Gasteiger partial charge in [0.05, 0.1) is 7.11 Å². The molecule has 5 nitrogen and oxygen atoms in total. The molecule has 0 fully saturated rings. The van der Waals surface area contributed by atoms with Gasteiger partial charge in [0.25, 0.3) is 0 Å². The van der Waals surface area contributed by atoms with Crippen molar-refractivity contribution in [2.24, 2.45) is 0 Å². The van der Waals surface area contributed by atoms with Crippen molar-refractivity contribution >= 4 is 17.8 Å². The third kappa shape index (κ3) is 5.65. The van der Waals surface area contributed by atoms with Crippen molar-refractivity contribution in [3.63, 3.8) is 0 Å². The van der Waals surface area contributed by atoms with Crippen molar-refractivity contribution in [3.8, 4) is 5.88 Å². The van der Waals surface area contributed by atoms with Gasteiger partial charge >= 0.3 is 6.03 Å². The molecule has 0 aliphatic heterocycles. The standard InChI is InChI=1S/C16H19N3O2S/c1-21-15-8-7-13(11-18-15)12-19-16(20)17-9-10-22-14-5-3-2-4-6-14/h2-8,11H,9-10,12H2,1H3,(H2,17,19,20). The summed E-state index contributed by atoms with van der Waals surface area (Å²) in [7, 11) is 1.57. The molecule has 0 bridgehead atoms. The van der Waals surface area contributed by atoms with Crippen LogP contribution in [-0.4, -0.2) is 30.4 Å². The van der Waals surface area contributed by atoms with Crippen LogP contribution in [-0.2, 0) is 6.54 Å². The van der Waals surface area contributed by atoms with Gasteiger partial charge in [0.2, 0.25) is 5.88 Å². The van der Waals surface area contributed by atoms with Crippen LogP contribution in [0.5, 0.6) is 5.88 Å². The molecule has 2 aromatic rings. The second-order valence-corrected chi connectivity index (χ2v) is 5.65. The number of hydrogen-bond acceptors (Lipinski definition) is 4. The first kappa shape index (κ1) is 16.2. The fourth-order valence-electron chi connectivity index (χ4n) is 1.73. The van der Waals surface area contributed by atoms with E-state index in [2.05, 4.69) is 27.8 Å². The molecular weight excluding hydrogens is 298 g/mol. The molecule has 116 valence electrons. The average molecular weight is 317 g/mol. The molecule has 1 aromatic carbocycles. The predicted octanol–water partition coefficient (Wildman–Crippen LogP) is 2.68. The Kier molecular flexibility index (Phi) is 6.57. The SMILES string of the molecule is COc1ccc(CNC(=O)NCCSc2ccccc2)cn1. The second-order valence-electron chi connectivity index (χ2n) is 4.48. The van der Waals surface area contributed by atoms with Gasteiger partial charge in [0, 0.05) is 36.0 Å². The molecule has 0 saturated carbocycles. The molecule has 0 saturated heterocycles. The zero-order chi connectivity index (χ0) is 15.6. The molecule has 2 amide bonds. The van der Waals surface area contributed by atoms with Crippen LogP contribution >= 0.6 is 11.8 Å². The van der Waals surface area contributed by atoms with Gasteiger partial charge in [-0.05, 0) is 17.7 Å². The maximum atomic E-state index is 11.7. The van der Waals surface area contributed by atoms with Crippen LogP contribution < -0.4 is 15.4 Å². The molecule has 0 aliphatic rings. The van der Waals surface area contributed by atoms with E-state index in [1.165, 1.54) is 4.90 Å². The van der Waals surface area contributed by atoms with E-state index >= 15 is 0 Å². The topological polar surface area (TPSA) is 63.2 Å². The van der Waals surface area contributed by atoms with E-state index < -0.39 is 0 Å². The van der Waals surface area contributed by atoms with Gasteiger partial charge < -0.3 is 15.4 Å². The average Bonchev–Trinajstić information content (AvgIpc) is 2.58. The van der Waals surface area contributed by atoms with Crippen molar-refractivity contribution < 1.29 is 9.53 Å². The Hall–Kier alpha value is -2.21. The maximum absolute atomic E-state index is 11.7. The summed E-state index contributed by atoms with van der Waals surface area (Å²) in [4.78, 5) is 17.0. The smallest absolute Gasteiger partial charge is 0.315 e. The van der Waals surface area contributed by atoms with Gasteiger partial charge in [-0.15, -0.1) is 11.8 Å². The Morgan fingerprint density at radius 2 is 2.00 bits per heavy atom. The molecule has 2 rings (SSSR count). The maximum Gasteiger partial charge on any atom is 0.315 e. The largest absolute Gasteiger partial charge is 0.481 e. The van der Waals surface area contributed by atoms with Crippen LogP contribution in [0.15, 0.2) is 53.6 Å². The highest BCUT2D eigenvalue weighted by Gasteiger charge is 2.01. The second kappa shape index (κ2) is 8.94. The lowest BCUT2D eigenvalue weighted by atomic mass is 10.3. The normalized spacial score (nSPS) is 10.0. The van der Waals surface area contributed by atoms with E-state index in [-0.39, 0.29) is 6.03 Å². The molecule has 1 aromatic heterocycles. The minimum Gasteiger partial charge on any atom is -0.481 e. The van der Waals surface area contributed by atoms with Crippen molar-refractivity contribution in [1.82, 2.24) is 15.6 Å². The fourth-order valence-corrected chi connectivity index (χ4v) is 2.52. The number of nitrogens with one attached hydrogen (secondary N) is 2. The lowest BCUT2D eigenvalue weighted by Gasteiger charge is -2.08. The Morgan fingerprint density at radius 1 is 1.18 bits per heavy atom. The van der Waals surface area contributed by atoms with Gasteiger partial charge in [-0.2, -0.15) is 0 Å². The summed E-state index contributed by atoms with van der Waals surface area (Å²) in [5.41, 5.74) is 0.926. The summed E-state index contributed by atoms with van der Waals surface area (Å²) in [6, 6.07) is 13.6. The summed E-state index contributed by atoms with van der Waals surface area (Å²) in [6.07, 6.45) is 1.68. The number of rotatable bonds is 7. The zero-order valence-corrected chi connectivity index (χ0v) is 13.2. The fraction of sp³-hybridized carbons (Fsp3) is 0.250. The first-order valence-electron chi connectivity index (χ1n) is 6.96. The molecule has 0 radical (unpaired) electrons. The van der Waals surface area contributed by atoms with Crippen LogP contribution in [0.25, 0.3) is 0 Å². The summed E-state index contributed by atoms with van der Waals surface area (Å²) in [5.74, 6) is 1.40. The minimum absolute atomic E-state index is 0.176. The van der Waals surface area contributed by atoms with Crippen LogP contribution in [0.3, 0.4) is 0 Å². The number of benzene rings is 1. The highest BCUT2D eigenvalue weighted by Crippen LogP contribution is 2.15. The number of ether oxygens (including phenoxy) is 1. The molecule has 0 spiro atoms. The lowest BCUT2D eigenvalue weighted by Crippen LogP contribution is -2.36. The molecular formula is C16H19N3O2S. The molecule has 0 atom stereocenters. The number of thioether (sulfide) groups is 1. The van der Waals surface area contributed by atoms with Crippen LogP contribution in [0.4, 0.5) is 4.79 Å². The van der Waals surface area contributed by atoms with Crippen molar-refractivity contribution in [2.75, 3.05) is 19.4 Å². The third-order valence-corrected chi connectivity index (χ3v) is 3.87. The molecule has 0 unspecified atom stereocenters. The summed E-state index contributed by atoms with van der Waals surface area (Å²) < 4.78 is 4.98. The molecule has 0 aliphatic carbocycles. The monoisotopic (exact) mass is 317 g/mol. The van der Waals surface area contributed by atoms with E-state index in [0.29, 0.717) is 19.0 Å². The van der Waals surface area contributed by atoms with Crippen LogP contribution in [0.1, 0.15) is 5.56 Å². The van der Waals surface area contributed by atoms with Crippen LogP contribution in [0.2, 0.25) is 0 Å². The molecule has 2 N–H and O–H groups in total. The summed E-state index contributed by atoms with van der Waals surface area (Å²) >= 11 is 1.71. The van der Waals surface area contributed by atoms with Gasteiger partial charge in [0.1, 0.15) is 0 Å². The van der Waals surface area contributed by atoms with Gasteiger partial charge in [-0.3, -0.25) is 0 Å². The predicted molar refractivity (Wildman–Crippen MR) is 88.2 cm³/mol. The number of carbonyl (C=O) groups excluding carboxylic acids is 1. The minimum atomic E-state index is -0.176. The van der Waals surface area contributed by atoms with Crippen molar-refractivity contribution in [1.29, 1.82) is 0 Å². The van der Waals surface area contributed by atoms with Crippen molar-refractivity contribution in [2.45, 2.75) is 11.4 Å². The number of carbonyl (C=O) groups is 1. The Labute approximate surface area is 134 Å². The van der Waals surface area contributed by atoms with Gasteiger partial charge in [0.15, 0.2) is 0 Å². The summed E-state index contributed by atoms with van der Waals surface area (Å²) in [5, 5.41) is 5.62. The number of hydrogen-bond donors (Lipinski definition) is 2. The van der Waals surface area contributed by atoms with Crippen LogP contribution in [0, 0.1) is 0 Å². The molecule has 6 heteroatoms. The highest BCUT2D eigenvalue weighted by molar-refractivity contribution is 7.99.